The smallest absolute Gasteiger partial charge is 0.240 e. The zero-order valence-electron chi connectivity index (χ0n) is 10.3. The fraction of sp³-hybridized carbons (Fsp3) is 0.900. The molecule has 4 nitrogen and oxygen atoms in total. The maximum absolute atomic E-state index is 11.5. The second-order valence-corrected chi connectivity index (χ2v) is 5.49. The average Bonchev–Trinajstić information content (AvgIpc) is 2.16. The summed E-state index contributed by atoms with van der Waals surface area (Å²) in [5.41, 5.74) is 1.76. The number of hydrogen-bond acceptors (Lipinski definition) is 4. The van der Waals surface area contributed by atoms with Gasteiger partial charge < -0.3 is 4.90 Å². The van der Waals surface area contributed by atoms with E-state index >= 15 is 0 Å². The molecule has 0 aromatic heterocycles. The van der Waals surface area contributed by atoms with E-state index in [4.69, 9.17) is 5.84 Å². The number of hydrazine groups is 1. The molecule has 0 rings (SSSR count). The van der Waals surface area contributed by atoms with Crippen LogP contribution in [0.15, 0.2) is 0 Å². The van der Waals surface area contributed by atoms with Gasteiger partial charge in [0.25, 0.3) is 0 Å². The summed E-state index contributed by atoms with van der Waals surface area (Å²) in [7, 11) is 2.03. The Kier molecular flexibility index (Phi) is 6.24. The second-order valence-electron chi connectivity index (χ2n) is 4.58. The highest BCUT2D eigenvalue weighted by Gasteiger charge is 2.29. The van der Waals surface area contributed by atoms with Crippen molar-refractivity contribution >= 4 is 17.7 Å². The summed E-state index contributed by atoms with van der Waals surface area (Å²) in [6.45, 7) is 6.67. The van der Waals surface area contributed by atoms with E-state index < -0.39 is 5.41 Å². The summed E-state index contributed by atoms with van der Waals surface area (Å²) in [6, 6.07) is 0.463. The summed E-state index contributed by atoms with van der Waals surface area (Å²) >= 11 is 1.81. The first-order valence-electron chi connectivity index (χ1n) is 5.05. The lowest BCUT2D eigenvalue weighted by Gasteiger charge is -2.32. The summed E-state index contributed by atoms with van der Waals surface area (Å²) in [6.07, 6.45) is 2.09. The van der Waals surface area contributed by atoms with E-state index in [1.807, 2.05) is 32.7 Å². The number of carbonyl (C=O) groups is 1. The molecule has 0 saturated heterocycles. The lowest BCUT2D eigenvalue weighted by atomic mass is 9.91. The first kappa shape index (κ1) is 14.7. The van der Waals surface area contributed by atoms with Crippen LogP contribution in [0.4, 0.5) is 0 Å². The van der Waals surface area contributed by atoms with Gasteiger partial charge in [0, 0.05) is 18.3 Å². The number of amides is 1. The maximum atomic E-state index is 11.5. The molecule has 15 heavy (non-hydrogen) atoms. The van der Waals surface area contributed by atoms with Gasteiger partial charge in [0.2, 0.25) is 5.91 Å². The molecule has 0 heterocycles. The van der Waals surface area contributed by atoms with E-state index in [9.17, 15) is 4.79 Å². The van der Waals surface area contributed by atoms with Crippen LogP contribution in [-0.4, -0.2) is 42.4 Å². The van der Waals surface area contributed by atoms with Crippen molar-refractivity contribution < 1.29 is 4.79 Å². The zero-order chi connectivity index (χ0) is 12.1. The molecule has 1 amide bonds. The van der Waals surface area contributed by atoms with Gasteiger partial charge in [-0.25, -0.2) is 5.84 Å². The lowest BCUT2D eigenvalue weighted by Crippen LogP contribution is -2.48. The monoisotopic (exact) mass is 233 g/mol. The summed E-state index contributed by atoms with van der Waals surface area (Å²) in [5, 5.41) is 0. The molecule has 1 atom stereocenters. The minimum atomic E-state index is -0.448. The molecule has 90 valence electrons. The van der Waals surface area contributed by atoms with Gasteiger partial charge in [0.15, 0.2) is 0 Å². The minimum absolute atomic E-state index is 0.120. The summed E-state index contributed by atoms with van der Waals surface area (Å²) < 4.78 is 0. The number of rotatable bonds is 6. The normalized spacial score (nSPS) is 14.1. The maximum Gasteiger partial charge on any atom is 0.240 e. The predicted octanol–water partition coefficient (Wildman–Crippen LogP) is 0.686. The van der Waals surface area contributed by atoms with Crippen LogP contribution < -0.4 is 11.3 Å². The van der Waals surface area contributed by atoms with Crippen LogP contribution in [0.3, 0.4) is 0 Å². The third-order valence-corrected chi connectivity index (χ3v) is 3.37. The number of nitrogens with two attached hydrogens (primary N) is 1. The SMILES string of the molecule is CSCC(C)N(C)CC(C)(C)C(=O)NN. The van der Waals surface area contributed by atoms with Crippen LogP contribution in [0.2, 0.25) is 0 Å². The van der Waals surface area contributed by atoms with Crippen molar-refractivity contribution in [3.05, 3.63) is 0 Å². The molecule has 0 aromatic carbocycles. The zero-order valence-corrected chi connectivity index (χ0v) is 11.1. The lowest BCUT2D eigenvalue weighted by molar-refractivity contribution is -0.130. The largest absolute Gasteiger partial charge is 0.302 e. The molecular formula is C10H23N3OS. The molecule has 0 saturated carbocycles. The highest BCUT2D eigenvalue weighted by Crippen LogP contribution is 2.18. The van der Waals surface area contributed by atoms with Gasteiger partial charge in [0.1, 0.15) is 0 Å². The molecule has 0 aliphatic heterocycles. The minimum Gasteiger partial charge on any atom is -0.302 e. The topological polar surface area (TPSA) is 58.4 Å². The van der Waals surface area contributed by atoms with E-state index in [-0.39, 0.29) is 5.91 Å². The molecule has 5 heteroatoms. The van der Waals surface area contributed by atoms with E-state index in [0.29, 0.717) is 12.6 Å². The van der Waals surface area contributed by atoms with Crippen LogP contribution in [0, 0.1) is 5.41 Å². The van der Waals surface area contributed by atoms with Crippen molar-refractivity contribution in [2.75, 3.05) is 25.6 Å². The van der Waals surface area contributed by atoms with Crippen molar-refractivity contribution in [3.63, 3.8) is 0 Å². The Balaban J connectivity index is 4.26. The van der Waals surface area contributed by atoms with Crippen LogP contribution in [-0.2, 0) is 4.79 Å². The van der Waals surface area contributed by atoms with Crippen LogP contribution in [0.5, 0.6) is 0 Å². The predicted molar refractivity (Wildman–Crippen MR) is 66.6 cm³/mol. The van der Waals surface area contributed by atoms with Gasteiger partial charge in [-0.2, -0.15) is 11.8 Å². The molecule has 0 aliphatic rings. The fourth-order valence-electron chi connectivity index (χ4n) is 1.41. The van der Waals surface area contributed by atoms with Crippen molar-refractivity contribution in [2.45, 2.75) is 26.8 Å². The second kappa shape index (κ2) is 6.35. The first-order chi connectivity index (χ1) is 6.85. The molecular weight excluding hydrogens is 210 g/mol. The Morgan fingerprint density at radius 3 is 2.53 bits per heavy atom. The quantitative estimate of drug-likeness (QED) is 0.402. The van der Waals surface area contributed by atoms with Gasteiger partial charge in [-0.15, -0.1) is 0 Å². The number of carbonyl (C=O) groups excluding carboxylic acids is 1. The van der Waals surface area contributed by atoms with Crippen LogP contribution in [0.25, 0.3) is 0 Å². The molecule has 0 spiro atoms. The molecule has 0 radical (unpaired) electrons. The molecule has 3 N–H and O–H groups in total. The average molecular weight is 233 g/mol. The molecule has 1 unspecified atom stereocenters. The van der Waals surface area contributed by atoms with Crippen molar-refractivity contribution in [1.29, 1.82) is 0 Å². The van der Waals surface area contributed by atoms with Crippen LogP contribution in [0.1, 0.15) is 20.8 Å². The standard InChI is InChI=1S/C10H23N3OS/c1-8(6-15-5)13(4)7-10(2,3)9(14)12-11/h8H,6-7,11H2,1-5H3,(H,12,14). The van der Waals surface area contributed by atoms with Crippen molar-refractivity contribution in [1.82, 2.24) is 10.3 Å². The Morgan fingerprint density at radius 2 is 2.13 bits per heavy atom. The van der Waals surface area contributed by atoms with Gasteiger partial charge in [-0.3, -0.25) is 10.2 Å². The van der Waals surface area contributed by atoms with E-state index in [2.05, 4.69) is 23.5 Å². The number of nitrogens with zero attached hydrogens (tertiary/aromatic N) is 1. The Morgan fingerprint density at radius 1 is 1.60 bits per heavy atom. The van der Waals surface area contributed by atoms with Crippen LogP contribution >= 0.6 is 11.8 Å². The van der Waals surface area contributed by atoms with Gasteiger partial charge >= 0.3 is 0 Å². The molecule has 0 bridgehead atoms. The molecule has 0 fully saturated rings. The van der Waals surface area contributed by atoms with E-state index in [0.717, 1.165) is 5.75 Å². The molecule has 0 aromatic rings. The van der Waals surface area contributed by atoms with Gasteiger partial charge in [-0.1, -0.05) is 0 Å². The Labute approximate surface area is 96.9 Å². The number of thioether (sulfide) groups is 1. The number of nitrogens with one attached hydrogen (secondary N) is 1. The fourth-order valence-corrected chi connectivity index (χ4v) is 2.15. The highest BCUT2D eigenvalue weighted by atomic mass is 32.2. The van der Waals surface area contributed by atoms with Crippen molar-refractivity contribution in [2.24, 2.45) is 11.3 Å². The number of hydrogen-bond donors (Lipinski definition) is 2. The summed E-state index contributed by atoms with van der Waals surface area (Å²) in [4.78, 5) is 13.7. The third kappa shape index (κ3) is 4.86. The molecule has 0 aliphatic carbocycles. The highest BCUT2D eigenvalue weighted by molar-refractivity contribution is 7.98. The Hall–Kier alpha value is -0.260. The first-order valence-corrected chi connectivity index (χ1v) is 6.44. The van der Waals surface area contributed by atoms with Crippen molar-refractivity contribution in [3.8, 4) is 0 Å². The van der Waals surface area contributed by atoms with E-state index in [1.165, 1.54) is 0 Å². The summed E-state index contributed by atoms with van der Waals surface area (Å²) in [5.74, 6) is 6.09. The van der Waals surface area contributed by atoms with Gasteiger partial charge in [0.05, 0.1) is 5.41 Å². The third-order valence-electron chi connectivity index (χ3n) is 2.55. The Bertz CT molecular complexity index is 209. The van der Waals surface area contributed by atoms with E-state index in [1.54, 1.807) is 0 Å². The van der Waals surface area contributed by atoms with Gasteiger partial charge in [-0.05, 0) is 34.1 Å².